The molecular formula is C20H20N2O4S4. The number of fused-ring (bicyclic) bond motifs is 1. The van der Waals surface area contributed by atoms with E-state index in [2.05, 4.69) is 22.4 Å². The summed E-state index contributed by atoms with van der Waals surface area (Å²) >= 11 is 5.16. The zero-order valence-electron chi connectivity index (χ0n) is 16.2. The van der Waals surface area contributed by atoms with E-state index in [4.69, 9.17) is 4.74 Å². The molecule has 2 aromatic carbocycles. The maximum Gasteiger partial charge on any atom is 0.264 e. The van der Waals surface area contributed by atoms with Crippen LogP contribution in [0.15, 0.2) is 47.4 Å². The lowest BCUT2D eigenvalue weighted by Crippen LogP contribution is -2.20. The molecule has 0 aliphatic carbocycles. The van der Waals surface area contributed by atoms with Gasteiger partial charge in [0.1, 0.15) is 5.75 Å². The first kappa shape index (κ1) is 21.5. The van der Waals surface area contributed by atoms with E-state index in [1.165, 1.54) is 40.9 Å². The number of aromatic nitrogens is 1. The summed E-state index contributed by atoms with van der Waals surface area (Å²) in [6.45, 7) is -0.128. The summed E-state index contributed by atoms with van der Waals surface area (Å²) in [7, 11) is -3.29. The molecule has 30 heavy (non-hydrogen) atoms. The van der Waals surface area contributed by atoms with Gasteiger partial charge in [-0.15, -0.1) is 23.5 Å². The zero-order valence-corrected chi connectivity index (χ0v) is 19.4. The summed E-state index contributed by atoms with van der Waals surface area (Å²) in [5.41, 5.74) is 1.90. The molecule has 4 rings (SSSR count). The van der Waals surface area contributed by atoms with Crippen molar-refractivity contribution >= 4 is 66.0 Å². The van der Waals surface area contributed by atoms with Crippen molar-refractivity contribution in [3.63, 3.8) is 0 Å². The number of nitrogens with zero attached hydrogens (tertiary/aromatic N) is 1. The van der Waals surface area contributed by atoms with E-state index in [1.807, 2.05) is 35.7 Å². The largest absolute Gasteiger partial charge is 0.484 e. The Morgan fingerprint density at radius 2 is 1.90 bits per heavy atom. The number of thioether (sulfide) groups is 2. The Bertz CT molecular complexity index is 1150. The van der Waals surface area contributed by atoms with Crippen molar-refractivity contribution < 1.29 is 17.9 Å². The normalized spacial score (nSPS) is 15.2. The zero-order chi connectivity index (χ0) is 21.1. The maximum absolute atomic E-state index is 12.2. The molecule has 1 aliphatic heterocycles. The monoisotopic (exact) mass is 480 g/mol. The van der Waals surface area contributed by atoms with Gasteiger partial charge < -0.3 is 4.74 Å². The van der Waals surface area contributed by atoms with Crippen LogP contribution >= 0.6 is 34.9 Å². The van der Waals surface area contributed by atoms with Crippen LogP contribution < -0.4 is 10.1 Å². The predicted molar refractivity (Wildman–Crippen MR) is 126 cm³/mol. The van der Waals surface area contributed by atoms with Crippen LogP contribution in [-0.2, 0) is 14.6 Å². The number of hydrogen-bond donors (Lipinski definition) is 1. The molecule has 3 aromatic rings. The highest BCUT2D eigenvalue weighted by Crippen LogP contribution is 2.43. The fourth-order valence-corrected chi connectivity index (χ4v) is 7.43. The van der Waals surface area contributed by atoms with Crippen molar-refractivity contribution in [3.05, 3.63) is 48.0 Å². The molecule has 1 amide bonds. The van der Waals surface area contributed by atoms with Crippen LogP contribution in [0.3, 0.4) is 0 Å². The van der Waals surface area contributed by atoms with Crippen LogP contribution in [0.25, 0.3) is 10.2 Å². The molecule has 0 saturated carbocycles. The lowest BCUT2D eigenvalue weighted by atomic mass is 10.2. The van der Waals surface area contributed by atoms with E-state index in [9.17, 15) is 13.2 Å². The number of carbonyl (C=O) groups is 1. The number of nitrogens with one attached hydrogen (secondary N) is 1. The molecule has 0 bridgehead atoms. The molecule has 0 atom stereocenters. The Morgan fingerprint density at radius 3 is 2.60 bits per heavy atom. The van der Waals surface area contributed by atoms with Gasteiger partial charge in [0, 0.05) is 6.26 Å². The number of rotatable bonds is 6. The van der Waals surface area contributed by atoms with Gasteiger partial charge in [0.05, 0.1) is 19.7 Å². The van der Waals surface area contributed by atoms with Crippen molar-refractivity contribution in [1.29, 1.82) is 0 Å². The van der Waals surface area contributed by atoms with Crippen LogP contribution in [0.5, 0.6) is 5.75 Å². The van der Waals surface area contributed by atoms with Crippen molar-refractivity contribution in [2.45, 2.75) is 15.9 Å². The van der Waals surface area contributed by atoms with E-state index in [1.54, 1.807) is 12.1 Å². The third kappa shape index (κ3) is 5.29. The second-order valence-corrected chi connectivity index (χ2v) is 12.5. The highest BCUT2D eigenvalue weighted by molar-refractivity contribution is 8.16. The molecule has 0 radical (unpaired) electrons. The van der Waals surface area contributed by atoms with Gasteiger partial charge in [-0.25, -0.2) is 13.4 Å². The Balaban J connectivity index is 1.34. The molecule has 6 nitrogen and oxygen atoms in total. The molecule has 2 heterocycles. The molecule has 1 saturated heterocycles. The van der Waals surface area contributed by atoms with Gasteiger partial charge in [0.25, 0.3) is 5.91 Å². The average Bonchev–Trinajstić information content (AvgIpc) is 3.14. The summed E-state index contributed by atoms with van der Waals surface area (Å²) in [5.74, 6) is 2.70. The van der Waals surface area contributed by atoms with Gasteiger partial charge in [-0.3, -0.25) is 10.1 Å². The molecular weight excluding hydrogens is 460 g/mol. The van der Waals surface area contributed by atoms with Crippen molar-refractivity contribution in [2.24, 2.45) is 0 Å². The van der Waals surface area contributed by atoms with Crippen molar-refractivity contribution in [1.82, 2.24) is 4.98 Å². The van der Waals surface area contributed by atoms with Gasteiger partial charge in [0.2, 0.25) is 0 Å². The van der Waals surface area contributed by atoms with Gasteiger partial charge in [-0.2, -0.15) is 0 Å². The first-order chi connectivity index (χ1) is 14.4. The Hall–Kier alpha value is -1.75. The first-order valence-electron chi connectivity index (χ1n) is 9.25. The number of thiazole rings is 1. The van der Waals surface area contributed by atoms with E-state index in [0.717, 1.165) is 6.26 Å². The van der Waals surface area contributed by atoms with Crippen LogP contribution in [-0.4, -0.2) is 43.7 Å². The molecule has 0 unspecified atom stereocenters. The first-order valence-corrected chi connectivity index (χ1v) is 14.1. The smallest absolute Gasteiger partial charge is 0.264 e. The van der Waals surface area contributed by atoms with Crippen LogP contribution in [0.1, 0.15) is 16.6 Å². The molecule has 1 aliphatic rings. The summed E-state index contributed by atoms with van der Waals surface area (Å²) in [4.78, 5) is 16.8. The number of carbonyl (C=O) groups excluding carboxylic acids is 1. The van der Waals surface area contributed by atoms with Crippen LogP contribution in [0, 0.1) is 0 Å². The maximum atomic E-state index is 12.2. The Kier molecular flexibility index (Phi) is 6.57. The summed E-state index contributed by atoms with van der Waals surface area (Å²) in [6, 6.07) is 12.6. The van der Waals surface area contributed by atoms with Crippen molar-refractivity contribution in [3.8, 4) is 5.75 Å². The highest BCUT2D eigenvalue weighted by atomic mass is 32.2. The topological polar surface area (TPSA) is 85.4 Å². The number of benzene rings is 2. The van der Waals surface area contributed by atoms with E-state index < -0.39 is 9.84 Å². The lowest BCUT2D eigenvalue weighted by Gasteiger charge is -2.21. The van der Waals surface area contributed by atoms with Crippen molar-refractivity contribution in [2.75, 3.05) is 29.7 Å². The fourth-order valence-electron chi connectivity index (χ4n) is 2.89. The van der Waals surface area contributed by atoms with Gasteiger partial charge >= 0.3 is 0 Å². The van der Waals surface area contributed by atoms with E-state index in [-0.39, 0.29) is 17.4 Å². The minimum atomic E-state index is -3.29. The van der Waals surface area contributed by atoms with E-state index in [0.29, 0.717) is 25.7 Å². The second-order valence-electron chi connectivity index (χ2n) is 6.75. The van der Waals surface area contributed by atoms with Gasteiger partial charge in [-0.05, 0) is 53.8 Å². The second kappa shape index (κ2) is 9.17. The number of hydrogen-bond acceptors (Lipinski definition) is 8. The highest BCUT2D eigenvalue weighted by Gasteiger charge is 2.17. The third-order valence-corrected chi connectivity index (χ3v) is 9.44. The summed E-state index contributed by atoms with van der Waals surface area (Å²) in [5, 5.41) is 3.12. The minimum Gasteiger partial charge on any atom is -0.484 e. The molecule has 1 fully saturated rings. The van der Waals surface area contributed by atoms with Gasteiger partial charge in [-0.1, -0.05) is 23.5 Å². The quantitative estimate of drug-likeness (QED) is 0.552. The average molecular weight is 481 g/mol. The Labute approximate surface area is 187 Å². The summed E-state index contributed by atoms with van der Waals surface area (Å²) in [6.07, 6.45) is 2.42. The molecule has 158 valence electrons. The standard InChI is InChI=1S/C20H20N2O4S4/c1-30(24,25)15-7-8-16-17(11-15)29-20(21-16)22-18(23)12-26-14-5-3-13(4-6-14)19-27-9-2-10-28-19/h3-8,11,19H,2,9-10,12H2,1H3,(H,21,22,23). The van der Waals surface area contributed by atoms with Gasteiger partial charge in [0.15, 0.2) is 21.6 Å². The lowest BCUT2D eigenvalue weighted by molar-refractivity contribution is -0.118. The number of amides is 1. The minimum absolute atomic E-state index is 0.128. The van der Waals surface area contributed by atoms with E-state index >= 15 is 0 Å². The van der Waals surface area contributed by atoms with Crippen LogP contribution in [0.2, 0.25) is 0 Å². The molecule has 1 aromatic heterocycles. The third-order valence-electron chi connectivity index (χ3n) is 4.38. The number of sulfone groups is 1. The Morgan fingerprint density at radius 1 is 1.17 bits per heavy atom. The molecule has 10 heteroatoms. The van der Waals surface area contributed by atoms with Crippen LogP contribution in [0.4, 0.5) is 5.13 Å². The predicted octanol–water partition coefficient (Wildman–Crippen LogP) is 4.59. The molecule has 0 spiro atoms. The number of ether oxygens (including phenoxy) is 1. The molecule has 1 N–H and O–H groups in total. The fraction of sp³-hybridized carbons (Fsp3) is 0.300. The SMILES string of the molecule is CS(=O)(=O)c1ccc2nc(NC(=O)COc3ccc(C4SCCCS4)cc3)sc2c1. The number of anilines is 1. The summed E-state index contributed by atoms with van der Waals surface area (Å²) < 4.78 is 30.1.